The summed E-state index contributed by atoms with van der Waals surface area (Å²) in [6.45, 7) is 2.67. The molecule has 23 heavy (non-hydrogen) atoms. The second-order valence-corrected chi connectivity index (χ2v) is 5.68. The Bertz CT molecular complexity index is 539. The van der Waals surface area contributed by atoms with Crippen molar-refractivity contribution in [3.8, 4) is 5.75 Å². The van der Waals surface area contributed by atoms with Crippen molar-refractivity contribution in [1.82, 2.24) is 10.6 Å². The number of guanidine groups is 1. The first-order valence-electron chi connectivity index (χ1n) is 8.15. The summed E-state index contributed by atoms with van der Waals surface area (Å²) in [5, 5.41) is 9.43. The predicted molar refractivity (Wildman–Crippen MR) is 93.0 cm³/mol. The average Bonchev–Trinajstić information content (AvgIpc) is 3.03. The maximum atomic E-state index is 11.1. The Morgan fingerprint density at radius 3 is 2.83 bits per heavy atom. The highest BCUT2D eigenvalue weighted by Crippen LogP contribution is 2.18. The normalized spacial score (nSPS) is 15.3. The van der Waals surface area contributed by atoms with Crippen LogP contribution in [0.3, 0.4) is 0 Å². The fraction of sp³-hybridized carbons (Fsp3) is 0.529. The van der Waals surface area contributed by atoms with E-state index in [2.05, 4.69) is 20.9 Å². The maximum absolute atomic E-state index is 11.1. The molecule has 1 aromatic rings. The number of benzene rings is 1. The van der Waals surface area contributed by atoms with Gasteiger partial charge in [0, 0.05) is 31.8 Å². The molecular formula is C17H26N4O2. The van der Waals surface area contributed by atoms with E-state index in [-0.39, 0.29) is 5.91 Å². The van der Waals surface area contributed by atoms with Gasteiger partial charge in [0.15, 0.2) is 5.96 Å². The van der Waals surface area contributed by atoms with Gasteiger partial charge >= 0.3 is 0 Å². The number of ether oxygens (including phenoxy) is 1. The molecule has 1 aliphatic rings. The quantitative estimate of drug-likeness (QED) is 0.427. The maximum Gasteiger partial charge on any atom is 0.221 e. The Morgan fingerprint density at radius 2 is 2.13 bits per heavy atom. The molecule has 0 aliphatic heterocycles. The third-order valence-corrected chi connectivity index (χ3v) is 3.74. The van der Waals surface area contributed by atoms with Crippen molar-refractivity contribution < 1.29 is 9.53 Å². The zero-order valence-electron chi connectivity index (χ0n) is 13.9. The molecule has 6 heteroatoms. The summed E-state index contributed by atoms with van der Waals surface area (Å²) in [5.74, 6) is 1.47. The van der Waals surface area contributed by atoms with Crippen LogP contribution >= 0.6 is 0 Å². The minimum absolute atomic E-state index is 0.0920. The van der Waals surface area contributed by atoms with E-state index in [1.165, 1.54) is 32.6 Å². The molecule has 0 spiro atoms. The standard InChI is InChI=1S/C17H26N4O2/c1-13(22)20-15-8-5-9-16(12-15)23-11-10-19-17(18-2)21-14-6-3-4-7-14/h5,8-9,12,14H,3-4,6-7,10-11H2,1-2H3,(H,20,22)(H2,18,19,21). The molecule has 2 rings (SSSR count). The second kappa shape index (κ2) is 9.02. The molecule has 1 amide bonds. The van der Waals surface area contributed by atoms with Crippen LogP contribution < -0.4 is 20.7 Å². The number of anilines is 1. The lowest BCUT2D eigenvalue weighted by Gasteiger charge is -2.17. The van der Waals surface area contributed by atoms with Gasteiger partial charge in [0.05, 0.1) is 6.54 Å². The summed E-state index contributed by atoms with van der Waals surface area (Å²) in [4.78, 5) is 15.3. The van der Waals surface area contributed by atoms with Gasteiger partial charge in [-0.25, -0.2) is 0 Å². The summed E-state index contributed by atoms with van der Waals surface area (Å²) < 4.78 is 5.70. The second-order valence-electron chi connectivity index (χ2n) is 5.68. The first-order chi connectivity index (χ1) is 11.2. The van der Waals surface area contributed by atoms with Gasteiger partial charge in [-0.2, -0.15) is 0 Å². The molecule has 126 valence electrons. The number of hydrogen-bond acceptors (Lipinski definition) is 3. The molecule has 0 unspecified atom stereocenters. The molecule has 1 fully saturated rings. The van der Waals surface area contributed by atoms with Crippen LogP contribution in [0.15, 0.2) is 29.3 Å². The van der Waals surface area contributed by atoms with Crippen LogP contribution in [0.1, 0.15) is 32.6 Å². The Labute approximate surface area is 137 Å². The van der Waals surface area contributed by atoms with Crippen LogP contribution in [0.2, 0.25) is 0 Å². The van der Waals surface area contributed by atoms with E-state index in [0.717, 1.165) is 17.4 Å². The van der Waals surface area contributed by atoms with Gasteiger partial charge < -0.3 is 20.7 Å². The van der Waals surface area contributed by atoms with E-state index in [4.69, 9.17) is 4.74 Å². The lowest BCUT2D eigenvalue weighted by Crippen LogP contribution is -2.43. The molecule has 6 nitrogen and oxygen atoms in total. The fourth-order valence-corrected chi connectivity index (χ4v) is 2.66. The third-order valence-electron chi connectivity index (χ3n) is 3.74. The highest BCUT2D eigenvalue weighted by atomic mass is 16.5. The van der Waals surface area contributed by atoms with Crippen molar-refractivity contribution in [3.63, 3.8) is 0 Å². The minimum Gasteiger partial charge on any atom is -0.492 e. The molecule has 1 aromatic carbocycles. The van der Waals surface area contributed by atoms with Crippen molar-refractivity contribution in [2.24, 2.45) is 4.99 Å². The number of rotatable bonds is 6. The minimum atomic E-state index is -0.0920. The van der Waals surface area contributed by atoms with Gasteiger partial charge in [-0.1, -0.05) is 18.9 Å². The topological polar surface area (TPSA) is 74.8 Å². The number of hydrogen-bond donors (Lipinski definition) is 3. The van der Waals surface area contributed by atoms with Gasteiger partial charge in [-0.3, -0.25) is 9.79 Å². The zero-order chi connectivity index (χ0) is 16.5. The van der Waals surface area contributed by atoms with E-state index >= 15 is 0 Å². The van der Waals surface area contributed by atoms with Crippen molar-refractivity contribution >= 4 is 17.6 Å². The zero-order valence-corrected chi connectivity index (χ0v) is 13.9. The summed E-state index contributed by atoms with van der Waals surface area (Å²) >= 11 is 0. The number of nitrogens with zero attached hydrogens (tertiary/aromatic N) is 1. The molecule has 0 saturated heterocycles. The van der Waals surface area contributed by atoms with E-state index < -0.39 is 0 Å². The van der Waals surface area contributed by atoms with Crippen LogP contribution in [-0.4, -0.2) is 38.1 Å². The van der Waals surface area contributed by atoms with Gasteiger partial charge in [-0.15, -0.1) is 0 Å². The molecule has 0 aromatic heterocycles. The number of carbonyl (C=O) groups is 1. The fourth-order valence-electron chi connectivity index (χ4n) is 2.66. The van der Waals surface area contributed by atoms with Crippen LogP contribution in [-0.2, 0) is 4.79 Å². The SMILES string of the molecule is CN=C(NCCOc1cccc(NC(C)=O)c1)NC1CCCC1. The Morgan fingerprint density at radius 1 is 1.35 bits per heavy atom. The van der Waals surface area contributed by atoms with Crippen molar-refractivity contribution in [1.29, 1.82) is 0 Å². The van der Waals surface area contributed by atoms with E-state index in [1.54, 1.807) is 7.05 Å². The summed E-state index contributed by atoms with van der Waals surface area (Å²) in [6, 6.07) is 7.91. The van der Waals surface area contributed by atoms with Crippen molar-refractivity contribution in [2.45, 2.75) is 38.6 Å². The molecule has 0 bridgehead atoms. The first-order valence-corrected chi connectivity index (χ1v) is 8.15. The number of aliphatic imine (C=N–C) groups is 1. The van der Waals surface area contributed by atoms with Gasteiger partial charge in [-0.05, 0) is 25.0 Å². The van der Waals surface area contributed by atoms with Crippen molar-refractivity contribution in [3.05, 3.63) is 24.3 Å². The lowest BCUT2D eigenvalue weighted by molar-refractivity contribution is -0.114. The van der Waals surface area contributed by atoms with E-state index in [0.29, 0.717) is 19.2 Å². The molecule has 0 atom stereocenters. The van der Waals surface area contributed by atoms with Crippen LogP contribution in [0.4, 0.5) is 5.69 Å². The van der Waals surface area contributed by atoms with Crippen LogP contribution in [0, 0.1) is 0 Å². The number of nitrogens with one attached hydrogen (secondary N) is 3. The summed E-state index contributed by atoms with van der Waals surface area (Å²) in [7, 11) is 1.78. The third kappa shape index (κ3) is 6.18. The van der Waals surface area contributed by atoms with Gasteiger partial charge in [0.25, 0.3) is 0 Å². The molecular weight excluding hydrogens is 292 g/mol. The highest BCUT2D eigenvalue weighted by molar-refractivity contribution is 5.88. The number of carbonyl (C=O) groups excluding carboxylic acids is 1. The molecule has 1 saturated carbocycles. The van der Waals surface area contributed by atoms with Gasteiger partial charge in [0.2, 0.25) is 5.91 Å². The Kier molecular flexibility index (Phi) is 6.72. The van der Waals surface area contributed by atoms with Gasteiger partial charge in [0.1, 0.15) is 12.4 Å². The Hall–Kier alpha value is -2.24. The molecule has 1 aliphatic carbocycles. The predicted octanol–water partition coefficient (Wildman–Crippen LogP) is 2.13. The van der Waals surface area contributed by atoms with E-state index in [1.807, 2.05) is 24.3 Å². The van der Waals surface area contributed by atoms with Crippen LogP contribution in [0.25, 0.3) is 0 Å². The smallest absolute Gasteiger partial charge is 0.221 e. The highest BCUT2D eigenvalue weighted by Gasteiger charge is 2.15. The van der Waals surface area contributed by atoms with E-state index in [9.17, 15) is 4.79 Å². The first kappa shape index (κ1) is 17.1. The molecule has 3 N–H and O–H groups in total. The average molecular weight is 318 g/mol. The Balaban J connectivity index is 1.70. The number of amides is 1. The monoisotopic (exact) mass is 318 g/mol. The summed E-state index contributed by atoms with van der Waals surface area (Å²) in [6.07, 6.45) is 5.02. The van der Waals surface area contributed by atoms with Crippen molar-refractivity contribution in [2.75, 3.05) is 25.5 Å². The largest absolute Gasteiger partial charge is 0.492 e. The summed E-state index contributed by atoms with van der Waals surface area (Å²) in [5.41, 5.74) is 0.738. The lowest BCUT2D eigenvalue weighted by atomic mass is 10.2. The molecule has 0 heterocycles. The molecule has 0 radical (unpaired) electrons. The van der Waals surface area contributed by atoms with Crippen LogP contribution in [0.5, 0.6) is 5.75 Å².